The van der Waals surface area contributed by atoms with E-state index in [-0.39, 0.29) is 0 Å². The first kappa shape index (κ1) is 10.8. The number of H-pyrrole nitrogens is 1. The lowest BCUT2D eigenvalue weighted by Crippen LogP contribution is -1.95. The average molecular weight is 262 g/mol. The van der Waals surface area contributed by atoms with E-state index in [9.17, 15) is 0 Å². The molecule has 0 spiro atoms. The first-order valence-corrected chi connectivity index (χ1v) is 5.94. The minimum absolute atomic E-state index is 0.581. The van der Waals surface area contributed by atoms with E-state index in [2.05, 4.69) is 36.7 Å². The van der Waals surface area contributed by atoms with Crippen molar-refractivity contribution in [3.05, 3.63) is 49.1 Å². The first-order valence-electron chi connectivity index (χ1n) is 5.94. The largest absolute Gasteiger partial charge is 0.300 e. The highest BCUT2D eigenvalue weighted by molar-refractivity contribution is 5.78. The molecule has 4 heterocycles. The number of aromatic amines is 1. The summed E-state index contributed by atoms with van der Waals surface area (Å²) < 4.78 is 1.96. The molecule has 20 heavy (non-hydrogen) atoms. The van der Waals surface area contributed by atoms with Crippen molar-refractivity contribution in [3.8, 4) is 17.1 Å². The van der Waals surface area contributed by atoms with Gasteiger partial charge in [0.2, 0.25) is 0 Å². The van der Waals surface area contributed by atoms with Gasteiger partial charge in [0.25, 0.3) is 0 Å². The quantitative estimate of drug-likeness (QED) is 0.590. The number of aromatic nitrogens is 7. The van der Waals surface area contributed by atoms with Gasteiger partial charge in [-0.2, -0.15) is 0 Å². The van der Waals surface area contributed by atoms with Crippen LogP contribution in [0.5, 0.6) is 0 Å². The smallest absolute Gasteiger partial charge is 0.181 e. The number of hydrogen-bond acceptors (Lipinski definition) is 5. The zero-order chi connectivity index (χ0) is 13.4. The van der Waals surface area contributed by atoms with Crippen molar-refractivity contribution < 1.29 is 0 Å². The third-order valence-corrected chi connectivity index (χ3v) is 3.01. The van der Waals surface area contributed by atoms with Gasteiger partial charge in [0.05, 0.1) is 11.9 Å². The molecule has 0 saturated carbocycles. The van der Waals surface area contributed by atoms with Crippen molar-refractivity contribution in [3.63, 3.8) is 0 Å². The molecule has 7 heteroatoms. The van der Waals surface area contributed by atoms with Crippen LogP contribution in [0, 0.1) is 6.07 Å². The molecule has 0 atom stereocenters. The average Bonchev–Trinajstić information content (AvgIpc) is 3.17. The summed E-state index contributed by atoms with van der Waals surface area (Å²) in [7, 11) is 0. The van der Waals surface area contributed by atoms with Crippen molar-refractivity contribution in [1.82, 2.24) is 35.2 Å². The molecule has 0 bridgehead atoms. The van der Waals surface area contributed by atoms with E-state index in [0.717, 1.165) is 22.3 Å². The molecule has 7 nitrogen and oxygen atoms in total. The standard InChI is InChI=1S/C13H8N7/c1-2-9-3-5-20(13(9)15-4-1)11-6-10(7-14-8-11)12-16-18-19-17-12/h2-8H,(H,16,17,18,19). The van der Waals surface area contributed by atoms with Crippen molar-refractivity contribution >= 4 is 11.0 Å². The molecule has 0 aliphatic carbocycles. The summed E-state index contributed by atoms with van der Waals surface area (Å²) >= 11 is 0. The molecule has 0 fully saturated rings. The second kappa shape index (κ2) is 4.23. The van der Waals surface area contributed by atoms with Gasteiger partial charge in [-0.3, -0.25) is 9.55 Å². The van der Waals surface area contributed by atoms with Gasteiger partial charge in [-0.15, -0.1) is 5.10 Å². The molecular weight excluding hydrogens is 254 g/mol. The van der Waals surface area contributed by atoms with Gasteiger partial charge in [-0.25, -0.2) is 10.1 Å². The third-order valence-electron chi connectivity index (χ3n) is 3.01. The van der Waals surface area contributed by atoms with Crippen molar-refractivity contribution in [2.75, 3.05) is 0 Å². The number of pyridine rings is 2. The fraction of sp³-hybridized carbons (Fsp3) is 0. The highest BCUT2D eigenvalue weighted by Crippen LogP contribution is 2.20. The van der Waals surface area contributed by atoms with Crippen LogP contribution >= 0.6 is 0 Å². The summed E-state index contributed by atoms with van der Waals surface area (Å²) in [5.74, 6) is 0.581. The van der Waals surface area contributed by atoms with Gasteiger partial charge in [0, 0.05) is 35.6 Å². The molecule has 1 N–H and O–H groups in total. The normalized spacial score (nSPS) is 11.0. The Bertz CT molecular complexity index is 863. The number of hydrogen-bond donors (Lipinski definition) is 1. The van der Waals surface area contributed by atoms with Gasteiger partial charge in [0.15, 0.2) is 5.82 Å². The highest BCUT2D eigenvalue weighted by atomic mass is 15.5. The van der Waals surface area contributed by atoms with Crippen LogP contribution in [-0.4, -0.2) is 35.2 Å². The summed E-state index contributed by atoms with van der Waals surface area (Å²) in [5.41, 5.74) is 2.57. The fourth-order valence-corrected chi connectivity index (χ4v) is 2.09. The van der Waals surface area contributed by atoms with E-state index in [1.54, 1.807) is 18.6 Å². The lowest BCUT2D eigenvalue weighted by molar-refractivity contribution is 0.881. The second-order valence-corrected chi connectivity index (χ2v) is 4.22. The maximum atomic E-state index is 4.34. The molecule has 1 radical (unpaired) electrons. The van der Waals surface area contributed by atoms with E-state index < -0.39 is 0 Å². The van der Waals surface area contributed by atoms with Crippen molar-refractivity contribution in [2.45, 2.75) is 0 Å². The molecule has 0 aliphatic rings. The monoisotopic (exact) mass is 262 g/mol. The predicted octanol–water partition coefficient (Wildman–Crippen LogP) is 1.40. The Balaban J connectivity index is 1.88. The SMILES string of the molecule is [c]1cnc2c(c1)ccn2-c1cncc(-c2nnn[nH]2)c1. The van der Waals surface area contributed by atoms with Gasteiger partial charge in [-0.05, 0) is 28.6 Å². The van der Waals surface area contributed by atoms with Crippen LogP contribution in [-0.2, 0) is 0 Å². The lowest BCUT2D eigenvalue weighted by Gasteiger charge is -2.05. The number of nitrogens with one attached hydrogen (secondary N) is 1. The predicted molar refractivity (Wildman–Crippen MR) is 70.9 cm³/mol. The number of nitrogens with zero attached hydrogens (tertiary/aromatic N) is 6. The summed E-state index contributed by atoms with van der Waals surface area (Å²) in [6.07, 6.45) is 7.07. The summed E-state index contributed by atoms with van der Waals surface area (Å²) in [4.78, 5) is 8.57. The minimum Gasteiger partial charge on any atom is -0.300 e. The molecule has 0 saturated heterocycles. The van der Waals surface area contributed by atoms with Crippen LogP contribution in [0.1, 0.15) is 0 Å². The molecule has 0 aliphatic heterocycles. The Kier molecular flexibility index (Phi) is 2.28. The topological polar surface area (TPSA) is 85.2 Å². The van der Waals surface area contributed by atoms with Gasteiger partial charge >= 0.3 is 0 Å². The van der Waals surface area contributed by atoms with E-state index in [1.165, 1.54) is 0 Å². The molecular formula is C13H8N7. The first-order chi connectivity index (χ1) is 9.92. The van der Waals surface area contributed by atoms with Crippen LogP contribution in [0.3, 0.4) is 0 Å². The third kappa shape index (κ3) is 1.64. The lowest BCUT2D eigenvalue weighted by atomic mass is 10.2. The zero-order valence-electron chi connectivity index (χ0n) is 10.2. The Morgan fingerprint density at radius 3 is 3.15 bits per heavy atom. The zero-order valence-corrected chi connectivity index (χ0v) is 10.2. The van der Waals surface area contributed by atoms with Crippen LogP contribution in [0.2, 0.25) is 0 Å². The van der Waals surface area contributed by atoms with Gasteiger partial charge in [0.1, 0.15) is 5.65 Å². The van der Waals surface area contributed by atoms with Crippen molar-refractivity contribution in [2.24, 2.45) is 0 Å². The Morgan fingerprint density at radius 2 is 2.25 bits per heavy atom. The molecule has 4 aromatic rings. The summed E-state index contributed by atoms with van der Waals surface area (Å²) in [5, 5.41) is 14.8. The molecule has 0 unspecified atom stereocenters. The van der Waals surface area contributed by atoms with Gasteiger partial charge in [-0.1, -0.05) is 0 Å². The highest BCUT2D eigenvalue weighted by Gasteiger charge is 2.07. The maximum absolute atomic E-state index is 4.34. The van der Waals surface area contributed by atoms with E-state index in [4.69, 9.17) is 0 Å². The van der Waals surface area contributed by atoms with E-state index in [0.29, 0.717) is 5.82 Å². The minimum atomic E-state index is 0.581. The van der Waals surface area contributed by atoms with E-state index in [1.807, 2.05) is 29.0 Å². The maximum Gasteiger partial charge on any atom is 0.181 e. The Morgan fingerprint density at radius 1 is 1.25 bits per heavy atom. The number of fused-ring (bicyclic) bond motifs is 1. The second-order valence-electron chi connectivity index (χ2n) is 4.22. The Hall–Kier alpha value is -3.09. The molecule has 0 amide bonds. The van der Waals surface area contributed by atoms with Crippen LogP contribution in [0.4, 0.5) is 0 Å². The number of rotatable bonds is 2. The molecule has 0 aromatic carbocycles. The number of tetrazole rings is 1. The van der Waals surface area contributed by atoms with Crippen molar-refractivity contribution in [1.29, 1.82) is 0 Å². The van der Waals surface area contributed by atoms with Crippen LogP contribution in [0.15, 0.2) is 43.0 Å². The molecule has 95 valence electrons. The molecule has 4 aromatic heterocycles. The van der Waals surface area contributed by atoms with E-state index >= 15 is 0 Å². The van der Waals surface area contributed by atoms with Crippen LogP contribution < -0.4 is 0 Å². The molecule has 4 rings (SSSR count). The van der Waals surface area contributed by atoms with Crippen LogP contribution in [0.25, 0.3) is 28.1 Å². The van der Waals surface area contributed by atoms with Gasteiger partial charge < -0.3 is 0 Å². The summed E-state index contributed by atoms with van der Waals surface area (Å²) in [6.45, 7) is 0. The fourth-order valence-electron chi connectivity index (χ4n) is 2.09. The Labute approximate surface area is 113 Å². The summed E-state index contributed by atoms with van der Waals surface area (Å²) in [6, 6.07) is 8.80.